The number of hydrogen-bond acceptors (Lipinski definition) is 12. The molecule has 18 heteroatoms. The minimum absolute atomic E-state index is 0.199. The summed E-state index contributed by atoms with van der Waals surface area (Å²) >= 11 is 0.622. The molecule has 2 aliphatic rings. The normalized spacial score (nSPS) is 29.6. The largest absolute Gasteiger partial charge is 0.462 e. The lowest BCUT2D eigenvalue weighted by molar-refractivity contribution is -0.149. The van der Waals surface area contributed by atoms with Crippen LogP contribution in [0.1, 0.15) is 33.9 Å². The van der Waals surface area contributed by atoms with Crippen molar-refractivity contribution < 1.29 is 43.2 Å². The number of imide groups is 1. The van der Waals surface area contributed by atoms with Crippen molar-refractivity contribution in [1.29, 1.82) is 0 Å². The molecule has 0 aromatic carbocycles. The molecule has 0 spiro atoms. The summed E-state index contributed by atoms with van der Waals surface area (Å²) in [5, 5.41) is 28.5. The Hall–Kier alpha value is -2.53. The van der Waals surface area contributed by atoms with E-state index in [1.54, 1.807) is 13.8 Å². The van der Waals surface area contributed by atoms with Crippen molar-refractivity contribution >= 4 is 36.0 Å². The first kappa shape index (κ1) is 30.0. The number of aromatic nitrogens is 2. The van der Waals surface area contributed by atoms with Crippen LogP contribution in [0.4, 0.5) is 4.79 Å². The molecule has 212 valence electrons. The van der Waals surface area contributed by atoms with Gasteiger partial charge in [0, 0.05) is 18.0 Å². The summed E-state index contributed by atoms with van der Waals surface area (Å²) < 4.78 is 30.9. The number of aliphatic hydroxyl groups is 2. The lowest BCUT2D eigenvalue weighted by Gasteiger charge is -2.27. The molecule has 0 bridgehead atoms. The van der Waals surface area contributed by atoms with Crippen LogP contribution in [0.25, 0.3) is 0 Å². The second-order valence-corrected chi connectivity index (χ2v) is 13.5. The molecule has 2 saturated heterocycles. The molecule has 38 heavy (non-hydrogen) atoms. The van der Waals surface area contributed by atoms with E-state index in [-0.39, 0.29) is 5.75 Å². The maximum absolute atomic E-state index is 13.7. The fourth-order valence-corrected chi connectivity index (χ4v) is 7.51. The van der Waals surface area contributed by atoms with Crippen molar-refractivity contribution in [3.63, 3.8) is 0 Å². The summed E-state index contributed by atoms with van der Waals surface area (Å²) in [5.74, 6) is -1.57. The number of carbonyl (C=O) groups is 3. The van der Waals surface area contributed by atoms with Crippen molar-refractivity contribution in [2.45, 2.75) is 69.9 Å². The van der Waals surface area contributed by atoms with E-state index in [0.29, 0.717) is 11.4 Å². The second kappa shape index (κ2) is 11.7. The van der Waals surface area contributed by atoms with Crippen LogP contribution in [0, 0.1) is 0 Å². The van der Waals surface area contributed by atoms with Crippen LogP contribution < -0.4 is 27.0 Å². The average Bonchev–Trinajstić information content (AvgIpc) is 3.25. The highest BCUT2D eigenvalue weighted by Crippen LogP contribution is 2.57. The Balaban J connectivity index is 1.76. The van der Waals surface area contributed by atoms with Gasteiger partial charge in [-0.15, -0.1) is 0 Å². The minimum Gasteiger partial charge on any atom is -0.462 e. The molecule has 7 atom stereocenters. The van der Waals surface area contributed by atoms with Crippen molar-refractivity contribution in [3.05, 3.63) is 33.1 Å². The Labute approximate surface area is 220 Å². The first-order chi connectivity index (χ1) is 17.6. The van der Waals surface area contributed by atoms with Crippen LogP contribution in [0.5, 0.6) is 0 Å². The number of amides is 3. The van der Waals surface area contributed by atoms with E-state index in [4.69, 9.17) is 14.0 Å². The Morgan fingerprint density at radius 3 is 2.58 bits per heavy atom. The zero-order chi connectivity index (χ0) is 28.4. The van der Waals surface area contributed by atoms with Gasteiger partial charge in [0.1, 0.15) is 29.9 Å². The number of aliphatic hydroxyl groups excluding tert-OH is 1. The molecule has 0 radical (unpaired) electrons. The zero-order valence-corrected chi connectivity index (χ0v) is 22.6. The number of nitrogens with one attached hydrogen (secondary N) is 4. The number of ether oxygens (including phenoxy) is 2. The molecular formula is C20H30N5O11PS. The fourth-order valence-electron chi connectivity index (χ4n) is 3.65. The van der Waals surface area contributed by atoms with Crippen LogP contribution in [0.2, 0.25) is 0 Å². The monoisotopic (exact) mass is 579 g/mol. The highest BCUT2D eigenvalue weighted by Gasteiger charge is 2.54. The summed E-state index contributed by atoms with van der Waals surface area (Å²) in [7, 11) is 0. The van der Waals surface area contributed by atoms with E-state index in [2.05, 4.69) is 10.4 Å². The maximum Gasteiger partial charge on any atom is 0.330 e. The van der Waals surface area contributed by atoms with E-state index >= 15 is 0 Å². The molecule has 1 aromatic heterocycles. The Kier molecular flexibility index (Phi) is 9.24. The number of esters is 1. The third kappa shape index (κ3) is 6.91. The molecule has 6 N–H and O–H groups in total. The molecule has 3 amide bonds. The van der Waals surface area contributed by atoms with E-state index in [9.17, 15) is 38.8 Å². The van der Waals surface area contributed by atoms with Crippen LogP contribution >= 0.6 is 18.1 Å². The van der Waals surface area contributed by atoms with Crippen LogP contribution in [0.15, 0.2) is 21.9 Å². The van der Waals surface area contributed by atoms with Gasteiger partial charge in [0.2, 0.25) is 0 Å². The topological polar surface area (TPSA) is 227 Å². The smallest absolute Gasteiger partial charge is 0.330 e. The standard InChI is InChI=1S/C20H30N5O11PS/c1-9(2)35-16(29)10(3)24-37(33,38-8-11-15(28)23-18(30)21-11)34-7-12-14(27)20(4,32)17(36-12)25-6-5-13(26)22-19(25)31/h5-6,9-12,14,17,27,32H,7-8H2,1-4H3,(H,24,33)(H,22,26,31)(H2,21,23,28,30)/t10-,11?,12?,14-,17?,20?,37?/m1/s1. The highest BCUT2D eigenvalue weighted by atomic mass is 32.7. The molecule has 16 nitrogen and oxygen atoms in total. The second-order valence-electron chi connectivity index (χ2n) is 9.16. The highest BCUT2D eigenvalue weighted by molar-refractivity contribution is 8.56. The Bertz CT molecular complexity index is 1230. The van der Waals surface area contributed by atoms with Gasteiger partial charge in [-0.05, 0) is 27.7 Å². The van der Waals surface area contributed by atoms with Crippen molar-refractivity contribution in [2.75, 3.05) is 12.4 Å². The van der Waals surface area contributed by atoms with E-state index in [1.165, 1.54) is 13.8 Å². The van der Waals surface area contributed by atoms with Gasteiger partial charge in [-0.2, -0.15) is 0 Å². The summed E-state index contributed by atoms with van der Waals surface area (Å²) in [6.07, 6.45) is -3.74. The third-order valence-electron chi connectivity index (χ3n) is 5.59. The van der Waals surface area contributed by atoms with Gasteiger partial charge in [-0.3, -0.25) is 33.8 Å². The predicted octanol–water partition coefficient (Wildman–Crippen LogP) is -1.46. The van der Waals surface area contributed by atoms with E-state index < -0.39 is 84.7 Å². The Morgan fingerprint density at radius 2 is 2.00 bits per heavy atom. The fraction of sp³-hybridized carbons (Fsp3) is 0.650. The number of nitrogens with zero attached hydrogens (tertiary/aromatic N) is 1. The lowest BCUT2D eigenvalue weighted by Crippen LogP contribution is -2.47. The van der Waals surface area contributed by atoms with Gasteiger partial charge in [0.05, 0.1) is 12.7 Å². The third-order valence-corrected chi connectivity index (χ3v) is 9.71. The van der Waals surface area contributed by atoms with Gasteiger partial charge in [-0.25, -0.2) is 14.7 Å². The van der Waals surface area contributed by atoms with Crippen LogP contribution in [-0.4, -0.2) is 86.0 Å². The minimum atomic E-state index is -4.05. The average molecular weight is 580 g/mol. The molecular weight excluding hydrogens is 549 g/mol. The summed E-state index contributed by atoms with van der Waals surface area (Å²) in [6, 6.07) is -1.82. The Morgan fingerprint density at radius 1 is 1.32 bits per heavy atom. The van der Waals surface area contributed by atoms with Crippen molar-refractivity contribution in [3.8, 4) is 0 Å². The van der Waals surface area contributed by atoms with Gasteiger partial charge < -0.3 is 29.5 Å². The first-order valence-electron chi connectivity index (χ1n) is 11.5. The quantitative estimate of drug-likeness (QED) is 0.100. The number of H-pyrrole nitrogens is 1. The zero-order valence-electron chi connectivity index (χ0n) is 20.9. The summed E-state index contributed by atoms with van der Waals surface area (Å²) in [5.41, 5.74) is -3.60. The molecule has 0 aliphatic carbocycles. The van der Waals surface area contributed by atoms with Crippen molar-refractivity contribution in [1.82, 2.24) is 25.3 Å². The van der Waals surface area contributed by atoms with Crippen molar-refractivity contribution in [2.24, 2.45) is 0 Å². The molecule has 2 aliphatic heterocycles. The number of hydrogen-bond donors (Lipinski definition) is 6. The maximum atomic E-state index is 13.7. The van der Waals surface area contributed by atoms with E-state index in [0.717, 1.165) is 16.8 Å². The molecule has 5 unspecified atom stereocenters. The molecule has 1 aromatic rings. The number of rotatable bonds is 11. The predicted molar refractivity (Wildman–Crippen MR) is 132 cm³/mol. The number of urea groups is 1. The van der Waals surface area contributed by atoms with Crippen LogP contribution in [0.3, 0.4) is 0 Å². The molecule has 0 saturated carbocycles. The summed E-state index contributed by atoms with van der Waals surface area (Å²) in [6.45, 7) is 1.21. The molecule has 3 heterocycles. The molecule has 3 rings (SSSR count). The van der Waals surface area contributed by atoms with E-state index in [1.807, 2.05) is 10.3 Å². The number of carbonyl (C=O) groups excluding carboxylic acids is 3. The summed E-state index contributed by atoms with van der Waals surface area (Å²) in [4.78, 5) is 61.2. The first-order valence-corrected chi connectivity index (χ1v) is 14.7. The molecule has 2 fully saturated rings. The van der Waals surface area contributed by atoms with Gasteiger partial charge in [0.25, 0.3) is 11.5 Å². The van der Waals surface area contributed by atoms with Gasteiger partial charge >= 0.3 is 24.4 Å². The van der Waals surface area contributed by atoms with Gasteiger partial charge in [-0.1, -0.05) is 11.4 Å². The van der Waals surface area contributed by atoms with Crippen LogP contribution in [-0.2, 0) is 28.2 Å². The lowest BCUT2D eigenvalue weighted by atomic mass is 9.96. The van der Waals surface area contributed by atoms with Gasteiger partial charge in [0.15, 0.2) is 6.23 Å². The number of aromatic amines is 1. The SMILES string of the molecule is CC(C)OC(=O)[C@@H](C)NP(=O)(OCC1OC(n2ccc(=O)[nH]c2=O)C(C)(O)[C@@H]1O)SCC1NC(=O)NC1=O.